The number of nitrogens with one attached hydrogen (secondary N) is 1. The molecule has 0 aliphatic carbocycles. The van der Waals surface area contributed by atoms with Gasteiger partial charge in [-0.25, -0.2) is 8.42 Å². The van der Waals surface area contributed by atoms with E-state index in [9.17, 15) is 18.0 Å². The van der Waals surface area contributed by atoms with Crippen molar-refractivity contribution in [2.24, 2.45) is 0 Å². The number of benzene rings is 2. The van der Waals surface area contributed by atoms with E-state index in [-0.39, 0.29) is 29.6 Å². The number of amides is 2. The highest BCUT2D eigenvalue weighted by Gasteiger charge is 2.30. The molecule has 26 heavy (non-hydrogen) atoms. The smallest absolute Gasteiger partial charge is 0.261 e. The molecule has 0 unspecified atom stereocenters. The van der Waals surface area contributed by atoms with Crippen LogP contribution in [0.5, 0.6) is 0 Å². The molecule has 1 fully saturated rings. The summed E-state index contributed by atoms with van der Waals surface area (Å²) in [6.07, 6.45) is 1.08. The number of anilines is 2. The zero-order chi connectivity index (χ0) is 18.9. The molecule has 0 aromatic heterocycles. The van der Waals surface area contributed by atoms with Crippen LogP contribution >= 0.6 is 0 Å². The molecule has 1 heterocycles. The highest BCUT2D eigenvalue weighted by molar-refractivity contribution is 7.92. The van der Waals surface area contributed by atoms with Gasteiger partial charge in [0, 0.05) is 12.8 Å². The summed E-state index contributed by atoms with van der Waals surface area (Å²) in [5, 5.41) is 0. The normalized spacial score (nSPS) is 14.8. The van der Waals surface area contributed by atoms with Crippen molar-refractivity contribution in [3.8, 4) is 0 Å². The lowest BCUT2D eigenvalue weighted by molar-refractivity contribution is -0.121. The number of aryl methyl sites for hydroxylation is 2. The Bertz CT molecular complexity index is 950. The SMILES string of the molecule is CCc1cccc(C)c1NS(=O)(=O)c1ccc(N2C(=O)CCC2=O)cc1. The van der Waals surface area contributed by atoms with Crippen molar-refractivity contribution in [3.63, 3.8) is 0 Å². The van der Waals surface area contributed by atoms with Gasteiger partial charge < -0.3 is 0 Å². The van der Waals surface area contributed by atoms with Crippen LogP contribution in [0.1, 0.15) is 30.9 Å². The third kappa shape index (κ3) is 3.35. The van der Waals surface area contributed by atoms with E-state index in [0.29, 0.717) is 17.8 Å². The van der Waals surface area contributed by atoms with Crippen LogP contribution in [0.15, 0.2) is 47.4 Å². The molecule has 1 aliphatic rings. The van der Waals surface area contributed by atoms with E-state index in [0.717, 1.165) is 16.0 Å². The lowest BCUT2D eigenvalue weighted by atomic mass is 10.1. The first kappa shape index (κ1) is 18.1. The van der Waals surface area contributed by atoms with Gasteiger partial charge in [0.2, 0.25) is 11.8 Å². The number of carbonyl (C=O) groups is 2. The number of imide groups is 1. The second kappa shape index (κ2) is 6.92. The fraction of sp³-hybridized carbons (Fsp3) is 0.263. The van der Waals surface area contributed by atoms with Crippen LogP contribution in [0.2, 0.25) is 0 Å². The maximum absolute atomic E-state index is 12.7. The second-order valence-electron chi connectivity index (χ2n) is 6.18. The Labute approximate surface area is 152 Å². The van der Waals surface area contributed by atoms with Gasteiger partial charge in [0.15, 0.2) is 0 Å². The van der Waals surface area contributed by atoms with E-state index in [1.165, 1.54) is 24.3 Å². The summed E-state index contributed by atoms with van der Waals surface area (Å²) in [6.45, 7) is 3.82. The molecule has 6 nitrogen and oxygen atoms in total. The lowest BCUT2D eigenvalue weighted by Gasteiger charge is -2.16. The van der Waals surface area contributed by atoms with E-state index in [4.69, 9.17) is 0 Å². The average Bonchev–Trinajstić information content (AvgIpc) is 2.95. The number of rotatable bonds is 5. The maximum atomic E-state index is 12.7. The quantitative estimate of drug-likeness (QED) is 0.818. The van der Waals surface area contributed by atoms with Gasteiger partial charge in [0.1, 0.15) is 0 Å². The zero-order valence-corrected chi connectivity index (χ0v) is 15.5. The average molecular weight is 372 g/mol. The predicted molar refractivity (Wildman–Crippen MR) is 99.5 cm³/mol. The molecule has 2 aromatic carbocycles. The van der Waals surface area contributed by atoms with Crippen molar-refractivity contribution in [1.82, 2.24) is 0 Å². The van der Waals surface area contributed by atoms with Gasteiger partial charge in [0.25, 0.3) is 10.0 Å². The minimum Gasteiger partial charge on any atom is -0.279 e. The topological polar surface area (TPSA) is 83.6 Å². The Kier molecular flexibility index (Phi) is 4.82. The largest absolute Gasteiger partial charge is 0.279 e. The minimum atomic E-state index is -3.77. The van der Waals surface area contributed by atoms with Crippen molar-refractivity contribution >= 4 is 33.2 Å². The van der Waals surface area contributed by atoms with Crippen LogP contribution in [0, 0.1) is 6.92 Å². The molecule has 3 rings (SSSR count). The number of sulfonamides is 1. The standard InChI is InChI=1S/C19H20N2O4S/c1-3-14-6-4-5-13(2)19(14)20-26(24,25)16-9-7-15(8-10-16)21-17(22)11-12-18(21)23/h4-10,20H,3,11-12H2,1-2H3. The van der Waals surface area contributed by atoms with E-state index >= 15 is 0 Å². The van der Waals surface area contributed by atoms with Gasteiger partial charge in [-0.1, -0.05) is 25.1 Å². The fourth-order valence-corrected chi connectivity index (χ4v) is 4.17. The Balaban J connectivity index is 1.89. The summed E-state index contributed by atoms with van der Waals surface area (Å²) in [5.74, 6) is -0.535. The summed E-state index contributed by atoms with van der Waals surface area (Å²) < 4.78 is 28.1. The van der Waals surface area contributed by atoms with Crippen molar-refractivity contribution in [2.45, 2.75) is 38.0 Å². The molecule has 1 saturated heterocycles. The van der Waals surface area contributed by atoms with Gasteiger partial charge in [0.05, 0.1) is 16.3 Å². The summed E-state index contributed by atoms with van der Waals surface area (Å²) in [5.41, 5.74) is 2.74. The number of nitrogens with zero attached hydrogens (tertiary/aromatic N) is 1. The predicted octanol–water partition coefficient (Wildman–Crippen LogP) is 3.01. The van der Waals surface area contributed by atoms with Crippen molar-refractivity contribution in [2.75, 3.05) is 9.62 Å². The molecule has 0 radical (unpaired) electrons. The highest BCUT2D eigenvalue weighted by Crippen LogP contribution is 2.27. The number of hydrogen-bond acceptors (Lipinski definition) is 4. The monoisotopic (exact) mass is 372 g/mol. The Morgan fingerprint density at radius 2 is 1.62 bits per heavy atom. The Morgan fingerprint density at radius 1 is 1.00 bits per heavy atom. The molecule has 0 spiro atoms. The summed E-state index contributed by atoms with van der Waals surface area (Å²) >= 11 is 0. The molecule has 1 aliphatic heterocycles. The van der Waals surface area contributed by atoms with Gasteiger partial charge in [-0.05, 0) is 48.7 Å². The van der Waals surface area contributed by atoms with Crippen molar-refractivity contribution < 1.29 is 18.0 Å². The van der Waals surface area contributed by atoms with Gasteiger partial charge in [-0.2, -0.15) is 0 Å². The van der Waals surface area contributed by atoms with E-state index in [1.54, 1.807) is 0 Å². The van der Waals surface area contributed by atoms with Crippen LogP contribution in [0.25, 0.3) is 0 Å². The first-order valence-electron chi connectivity index (χ1n) is 8.40. The molecule has 7 heteroatoms. The Hall–Kier alpha value is -2.67. The summed E-state index contributed by atoms with van der Waals surface area (Å²) in [4.78, 5) is 24.8. The number of para-hydroxylation sites is 1. The van der Waals surface area contributed by atoms with E-state index in [2.05, 4.69) is 4.72 Å². The molecule has 2 aromatic rings. The molecule has 0 bridgehead atoms. The lowest BCUT2D eigenvalue weighted by Crippen LogP contribution is -2.28. The van der Waals surface area contributed by atoms with Crippen molar-refractivity contribution in [1.29, 1.82) is 0 Å². The van der Waals surface area contributed by atoms with Gasteiger partial charge >= 0.3 is 0 Å². The third-order valence-corrected chi connectivity index (χ3v) is 5.80. The molecule has 0 atom stereocenters. The maximum Gasteiger partial charge on any atom is 0.261 e. The van der Waals surface area contributed by atoms with Crippen LogP contribution in [0.3, 0.4) is 0 Å². The zero-order valence-electron chi connectivity index (χ0n) is 14.7. The Morgan fingerprint density at radius 3 is 2.19 bits per heavy atom. The molecule has 1 N–H and O–H groups in total. The first-order valence-corrected chi connectivity index (χ1v) is 9.89. The van der Waals surface area contributed by atoms with Crippen LogP contribution in [0.4, 0.5) is 11.4 Å². The summed E-state index contributed by atoms with van der Waals surface area (Å²) in [7, 11) is -3.77. The minimum absolute atomic E-state index is 0.0747. The summed E-state index contributed by atoms with van der Waals surface area (Å²) in [6, 6.07) is 11.4. The molecule has 2 amide bonds. The third-order valence-electron chi connectivity index (χ3n) is 4.43. The van der Waals surface area contributed by atoms with E-state index in [1.807, 2.05) is 32.0 Å². The van der Waals surface area contributed by atoms with Crippen LogP contribution in [-0.2, 0) is 26.0 Å². The fourth-order valence-electron chi connectivity index (χ4n) is 3.00. The van der Waals surface area contributed by atoms with Gasteiger partial charge in [-0.3, -0.25) is 19.2 Å². The van der Waals surface area contributed by atoms with Crippen LogP contribution < -0.4 is 9.62 Å². The molecule has 0 saturated carbocycles. The number of hydrogen-bond donors (Lipinski definition) is 1. The molecular weight excluding hydrogens is 352 g/mol. The number of carbonyl (C=O) groups excluding carboxylic acids is 2. The van der Waals surface area contributed by atoms with Gasteiger partial charge in [-0.15, -0.1) is 0 Å². The molecular formula is C19H20N2O4S. The van der Waals surface area contributed by atoms with E-state index < -0.39 is 10.0 Å². The molecule has 136 valence electrons. The second-order valence-corrected chi connectivity index (χ2v) is 7.87. The van der Waals surface area contributed by atoms with Crippen molar-refractivity contribution in [3.05, 3.63) is 53.6 Å². The van der Waals surface area contributed by atoms with Crippen LogP contribution in [-0.4, -0.2) is 20.2 Å². The first-order chi connectivity index (χ1) is 12.3. The highest BCUT2D eigenvalue weighted by atomic mass is 32.2.